The molecule has 0 radical (unpaired) electrons. The molecule has 0 aliphatic carbocycles. The van der Waals surface area contributed by atoms with Crippen molar-refractivity contribution in [3.63, 3.8) is 0 Å². The van der Waals surface area contributed by atoms with E-state index in [2.05, 4.69) is 29.4 Å². The van der Waals surface area contributed by atoms with E-state index in [1.807, 2.05) is 0 Å². The molecule has 0 aromatic carbocycles. The van der Waals surface area contributed by atoms with Gasteiger partial charge in [0.15, 0.2) is 0 Å². The van der Waals surface area contributed by atoms with E-state index in [9.17, 15) is 0 Å². The van der Waals surface area contributed by atoms with Crippen molar-refractivity contribution < 1.29 is 0 Å². The maximum absolute atomic E-state index is 5.41. The Hall–Kier alpha value is -0.680. The second-order valence-electron chi connectivity index (χ2n) is 3.31. The van der Waals surface area contributed by atoms with Gasteiger partial charge in [-0.1, -0.05) is 25.2 Å². The van der Waals surface area contributed by atoms with Crippen LogP contribution in [-0.2, 0) is 6.42 Å². The Balaban J connectivity index is 2.39. The monoisotopic (exact) mass is 200 g/mol. The molecule has 0 aliphatic rings. The number of hydrogen-bond donors (Lipinski definition) is 2. The van der Waals surface area contributed by atoms with Gasteiger partial charge in [0.1, 0.15) is 5.01 Å². The lowest BCUT2D eigenvalue weighted by Crippen LogP contribution is -2.07. The molecule has 1 rings (SSSR count). The quantitative estimate of drug-likeness (QED) is 0.747. The predicted octanol–water partition coefficient (Wildman–Crippen LogP) is 1.11. The molecule has 0 spiro atoms. The smallest absolute Gasteiger partial charge is 0.205 e. The van der Waals surface area contributed by atoms with E-state index in [0.29, 0.717) is 12.5 Å². The maximum atomic E-state index is 5.41. The maximum Gasteiger partial charge on any atom is 0.205 e. The first-order valence-electron chi connectivity index (χ1n) is 4.48. The molecule has 0 unspecified atom stereocenters. The fourth-order valence-corrected chi connectivity index (χ4v) is 1.60. The Kier molecular flexibility index (Phi) is 4.11. The Morgan fingerprint density at radius 3 is 2.85 bits per heavy atom. The molecule has 4 nitrogen and oxygen atoms in total. The summed E-state index contributed by atoms with van der Waals surface area (Å²) in [4.78, 5) is 0. The number of anilines is 1. The van der Waals surface area contributed by atoms with Crippen LogP contribution < -0.4 is 11.1 Å². The van der Waals surface area contributed by atoms with E-state index in [1.54, 1.807) is 11.3 Å². The Morgan fingerprint density at radius 2 is 2.23 bits per heavy atom. The van der Waals surface area contributed by atoms with Gasteiger partial charge in [0.2, 0.25) is 5.13 Å². The highest BCUT2D eigenvalue weighted by atomic mass is 32.1. The van der Waals surface area contributed by atoms with Crippen LogP contribution in [0.2, 0.25) is 0 Å². The predicted molar refractivity (Wildman–Crippen MR) is 56.0 cm³/mol. The summed E-state index contributed by atoms with van der Waals surface area (Å²) in [6.07, 6.45) is 0.820. The summed E-state index contributed by atoms with van der Waals surface area (Å²) in [5.41, 5.74) is 5.41. The summed E-state index contributed by atoms with van der Waals surface area (Å²) < 4.78 is 0. The average Bonchev–Trinajstić information content (AvgIpc) is 2.50. The van der Waals surface area contributed by atoms with Crippen molar-refractivity contribution in [2.24, 2.45) is 11.7 Å². The molecular formula is C8H16N4S. The van der Waals surface area contributed by atoms with Gasteiger partial charge in [-0.25, -0.2) is 0 Å². The molecule has 1 aromatic rings. The van der Waals surface area contributed by atoms with E-state index < -0.39 is 0 Å². The molecule has 5 heteroatoms. The molecule has 1 aromatic heterocycles. The zero-order chi connectivity index (χ0) is 9.68. The molecule has 0 fully saturated rings. The van der Waals surface area contributed by atoms with E-state index in [0.717, 1.165) is 23.1 Å². The second kappa shape index (κ2) is 5.14. The van der Waals surface area contributed by atoms with Crippen LogP contribution in [0.1, 0.15) is 18.9 Å². The highest BCUT2D eigenvalue weighted by molar-refractivity contribution is 7.15. The number of rotatable bonds is 5. The van der Waals surface area contributed by atoms with Gasteiger partial charge in [0.25, 0.3) is 0 Å². The molecule has 0 bridgehead atoms. The molecule has 0 amide bonds. The molecule has 0 saturated heterocycles. The Morgan fingerprint density at radius 1 is 1.46 bits per heavy atom. The minimum atomic E-state index is 0.627. The third-order valence-electron chi connectivity index (χ3n) is 1.49. The minimum absolute atomic E-state index is 0.627. The summed E-state index contributed by atoms with van der Waals surface area (Å²) in [5.74, 6) is 0.627. The fourth-order valence-electron chi connectivity index (χ4n) is 0.841. The largest absolute Gasteiger partial charge is 0.360 e. The highest BCUT2D eigenvalue weighted by Crippen LogP contribution is 2.15. The first-order chi connectivity index (χ1) is 6.22. The summed E-state index contributed by atoms with van der Waals surface area (Å²) >= 11 is 1.59. The van der Waals surface area contributed by atoms with Gasteiger partial charge in [-0.3, -0.25) is 0 Å². The van der Waals surface area contributed by atoms with Gasteiger partial charge >= 0.3 is 0 Å². The van der Waals surface area contributed by atoms with Gasteiger partial charge < -0.3 is 11.1 Å². The number of nitrogens with one attached hydrogen (secondary N) is 1. The van der Waals surface area contributed by atoms with Gasteiger partial charge in [-0.2, -0.15) is 0 Å². The van der Waals surface area contributed by atoms with Crippen LogP contribution in [0.3, 0.4) is 0 Å². The van der Waals surface area contributed by atoms with Crippen molar-refractivity contribution in [1.82, 2.24) is 10.2 Å². The van der Waals surface area contributed by atoms with Crippen molar-refractivity contribution in [3.05, 3.63) is 5.01 Å². The van der Waals surface area contributed by atoms with Gasteiger partial charge in [0.05, 0.1) is 0 Å². The highest BCUT2D eigenvalue weighted by Gasteiger charge is 2.02. The van der Waals surface area contributed by atoms with Crippen LogP contribution in [0.5, 0.6) is 0 Å². The molecule has 0 aliphatic heterocycles. The molecule has 74 valence electrons. The first kappa shape index (κ1) is 10.4. The molecule has 3 N–H and O–H groups in total. The Bertz CT molecular complexity index is 246. The normalized spacial score (nSPS) is 10.8. The van der Waals surface area contributed by atoms with Crippen LogP contribution in [0, 0.1) is 5.92 Å². The van der Waals surface area contributed by atoms with Crippen LogP contribution in [0.4, 0.5) is 5.13 Å². The standard InChI is InChI=1S/C8H16N4S/c1-6(2)5-10-8-12-11-7(13-8)3-4-9/h6H,3-5,9H2,1-2H3,(H,10,12). The van der Waals surface area contributed by atoms with Crippen molar-refractivity contribution in [3.8, 4) is 0 Å². The van der Waals surface area contributed by atoms with Crippen molar-refractivity contribution >= 4 is 16.5 Å². The van der Waals surface area contributed by atoms with E-state index >= 15 is 0 Å². The summed E-state index contributed by atoms with van der Waals surface area (Å²) in [7, 11) is 0. The molecule has 0 atom stereocenters. The zero-order valence-electron chi connectivity index (χ0n) is 8.08. The van der Waals surface area contributed by atoms with Crippen LogP contribution in [0.25, 0.3) is 0 Å². The van der Waals surface area contributed by atoms with Gasteiger partial charge in [-0.15, -0.1) is 10.2 Å². The van der Waals surface area contributed by atoms with Gasteiger partial charge in [0, 0.05) is 13.0 Å². The number of nitrogens with two attached hydrogens (primary N) is 1. The summed E-state index contributed by atoms with van der Waals surface area (Å²) in [5, 5.41) is 13.2. The lowest BCUT2D eigenvalue weighted by molar-refractivity contribution is 0.687. The van der Waals surface area contributed by atoms with Gasteiger partial charge in [-0.05, 0) is 12.5 Å². The SMILES string of the molecule is CC(C)CNc1nnc(CCN)s1. The molecule has 0 saturated carbocycles. The van der Waals surface area contributed by atoms with E-state index in [1.165, 1.54) is 0 Å². The van der Waals surface area contributed by atoms with Crippen LogP contribution in [-0.4, -0.2) is 23.3 Å². The van der Waals surface area contributed by atoms with Crippen LogP contribution >= 0.6 is 11.3 Å². The van der Waals surface area contributed by atoms with Crippen molar-refractivity contribution in [1.29, 1.82) is 0 Å². The third kappa shape index (κ3) is 3.69. The average molecular weight is 200 g/mol. The lowest BCUT2D eigenvalue weighted by Gasteiger charge is -2.03. The van der Waals surface area contributed by atoms with Crippen molar-refractivity contribution in [2.75, 3.05) is 18.4 Å². The van der Waals surface area contributed by atoms with E-state index in [4.69, 9.17) is 5.73 Å². The van der Waals surface area contributed by atoms with E-state index in [-0.39, 0.29) is 0 Å². The molecule has 13 heavy (non-hydrogen) atoms. The minimum Gasteiger partial charge on any atom is -0.360 e. The zero-order valence-corrected chi connectivity index (χ0v) is 8.90. The number of hydrogen-bond acceptors (Lipinski definition) is 5. The fraction of sp³-hybridized carbons (Fsp3) is 0.750. The molecule has 1 heterocycles. The Labute approximate surface area is 82.6 Å². The first-order valence-corrected chi connectivity index (χ1v) is 5.30. The van der Waals surface area contributed by atoms with Crippen LogP contribution in [0.15, 0.2) is 0 Å². The summed E-state index contributed by atoms with van der Waals surface area (Å²) in [6, 6.07) is 0. The number of aromatic nitrogens is 2. The third-order valence-corrected chi connectivity index (χ3v) is 2.43. The van der Waals surface area contributed by atoms with Crippen molar-refractivity contribution in [2.45, 2.75) is 20.3 Å². The molecular weight excluding hydrogens is 184 g/mol. The lowest BCUT2D eigenvalue weighted by atomic mass is 10.2. The number of nitrogens with zero attached hydrogens (tertiary/aromatic N) is 2. The summed E-state index contributed by atoms with van der Waals surface area (Å²) in [6.45, 7) is 5.90. The second-order valence-corrected chi connectivity index (χ2v) is 4.38. The topological polar surface area (TPSA) is 63.8 Å².